The maximum Gasteiger partial charge on any atom is 0.340 e. The van der Waals surface area contributed by atoms with E-state index in [9.17, 15) is 14.4 Å². The number of carbonyl (C=O) groups is 3. The van der Waals surface area contributed by atoms with E-state index >= 15 is 0 Å². The first kappa shape index (κ1) is 23.1. The molecule has 0 aliphatic rings. The van der Waals surface area contributed by atoms with E-state index in [2.05, 4.69) is 10.6 Å². The third-order valence-corrected chi connectivity index (χ3v) is 4.76. The summed E-state index contributed by atoms with van der Waals surface area (Å²) in [7, 11) is 1.45. The molecule has 0 heterocycles. The van der Waals surface area contributed by atoms with Crippen molar-refractivity contribution in [1.82, 2.24) is 0 Å². The van der Waals surface area contributed by atoms with Gasteiger partial charge in [0.15, 0.2) is 6.61 Å². The Bertz CT molecular complexity index is 1150. The minimum Gasteiger partial charge on any atom is -0.495 e. The molecule has 7 nitrogen and oxygen atoms in total. The summed E-state index contributed by atoms with van der Waals surface area (Å²) in [5, 5.41) is 6.14. The van der Waals surface area contributed by atoms with Gasteiger partial charge < -0.3 is 20.1 Å². The van der Waals surface area contributed by atoms with Crippen LogP contribution in [0.25, 0.3) is 0 Å². The molecule has 0 bridgehead atoms. The van der Waals surface area contributed by atoms with E-state index in [1.807, 2.05) is 0 Å². The molecule has 0 unspecified atom stereocenters. The van der Waals surface area contributed by atoms with Crippen LogP contribution in [0.2, 0.25) is 10.0 Å². The SMILES string of the molecule is COc1ccc(Cl)cc1NC(=O)COC(=O)c1ccccc1NC(=O)c1ccc(Cl)cc1. The van der Waals surface area contributed by atoms with Gasteiger partial charge in [-0.25, -0.2) is 4.79 Å². The van der Waals surface area contributed by atoms with Crippen LogP contribution in [-0.4, -0.2) is 31.5 Å². The maximum absolute atomic E-state index is 12.5. The molecule has 0 spiro atoms. The van der Waals surface area contributed by atoms with Crippen LogP contribution in [0.4, 0.5) is 11.4 Å². The molecule has 0 aliphatic heterocycles. The number of carbonyl (C=O) groups excluding carboxylic acids is 3. The zero-order chi connectivity index (χ0) is 23.1. The molecule has 3 aromatic carbocycles. The fraction of sp³-hybridized carbons (Fsp3) is 0.0870. The molecule has 3 rings (SSSR count). The van der Waals surface area contributed by atoms with E-state index in [0.29, 0.717) is 27.0 Å². The first-order valence-electron chi connectivity index (χ1n) is 9.34. The summed E-state index contributed by atoms with van der Waals surface area (Å²) >= 11 is 11.8. The van der Waals surface area contributed by atoms with Crippen molar-refractivity contribution >= 4 is 52.4 Å². The third-order valence-electron chi connectivity index (χ3n) is 4.27. The van der Waals surface area contributed by atoms with Crippen LogP contribution in [0, 0.1) is 0 Å². The Morgan fingerprint density at radius 2 is 1.53 bits per heavy atom. The average molecular weight is 473 g/mol. The molecular weight excluding hydrogens is 455 g/mol. The van der Waals surface area contributed by atoms with Crippen molar-refractivity contribution in [3.63, 3.8) is 0 Å². The highest BCUT2D eigenvalue weighted by atomic mass is 35.5. The molecule has 9 heteroatoms. The summed E-state index contributed by atoms with van der Waals surface area (Å²) in [4.78, 5) is 37.2. The quantitative estimate of drug-likeness (QED) is 0.469. The van der Waals surface area contributed by atoms with Crippen LogP contribution in [0.5, 0.6) is 5.75 Å². The number of hydrogen-bond acceptors (Lipinski definition) is 5. The number of halogens is 2. The number of anilines is 2. The van der Waals surface area contributed by atoms with Crippen LogP contribution in [0.1, 0.15) is 20.7 Å². The predicted octanol–water partition coefficient (Wildman–Crippen LogP) is 5.05. The molecule has 0 aromatic heterocycles. The minimum absolute atomic E-state index is 0.1000. The Kier molecular flexibility index (Phi) is 7.70. The Balaban J connectivity index is 1.64. The van der Waals surface area contributed by atoms with Crippen molar-refractivity contribution in [1.29, 1.82) is 0 Å². The first-order chi connectivity index (χ1) is 15.4. The Labute approximate surface area is 194 Å². The molecular formula is C23H18Cl2N2O5. The highest BCUT2D eigenvalue weighted by Gasteiger charge is 2.17. The predicted molar refractivity (Wildman–Crippen MR) is 123 cm³/mol. The smallest absolute Gasteiger partial charge is 0.340 e. The third kappa shape index (κ3) is 6.00. The van der Waals surface area contributed by atoms with E-state index in [0.717, 1.165) is 0 Å². The zero-order valence-electron chi connectivity index (χ0n) is 16.9. The molecule has 0 atom stereocenters. The molecule has 32 heavy (non-hydrogen) atoms. The molecule has 2 amide bonds. The van der Waals surface area contributed by atoms with Crippen LogP contribution in [-0.2, 0) is 9.53 Å². The number of methoxy groups -OCH3 is 1. The Morgan fingerprint density at radius 3 is 2.25 bits per heavy atom. The number of esters is 1. The Morgan fingerprint density at radius 1 is 0.844 bits per heavy atom. The van der Waals surface area contributed by atoms with Gasteiger partial charge in [-0.2, -0.15) is 0 Å². The lowest BCUT2D eigenvalue weighted by atomic mass is 10.1. The first-order valence-corrected chi connectivity index (χ1v) is 10.1. The van der Waals surface area contributed by atoms with Gasteiger partial charge in [0.1, 0.15) is 5.75 Å². The fourth-order valence-corrected chi connectivity index (χ4v) is 3.04. The van der Waals surface area contributed by atoms with Gasteiger partial charge in [0.2, 0.25) is 0 Å². The number of nitrogens with one attached hydrogen (secondary N) is 2. The van der Waals surface area contributed by atoms with E-state index in [1.54, 1.807) is 54.6 Å². The van der Waals surface area contributed by atoms with Gasteiger partial charge in [-0.05, 0) is 54.6 Å². The van der Waals surface area contributed by atoms with Crippen LogP contribution in [0.3, 0.4) is 0 Å². The second-order valence-corrected chi connectivity index (χ2v) is 7.35. The van der Waals surface area contributed by atoms with Gasteiger partial charge >= 0.3 is 5.97 Å². The Hall–Kier alpha value is -3.55. The number of ether oxygens (including phenoxy) is 2. The highest BCUT2D eigenvalue weighted by Crippen LogP contribution is 2.27. The van der Waals surface area contributed by atoms with Crippen molar-refractivity contribution in [3.8, 4) is 5.75 Å². The van der Waals surface area contributed by atoms with E-state index < -0.39 is 24.4 Å². The van der Waals surface area contributed by atoms with Crippen molar-refractivity contribution in [2.45, 2.75) is 0 Å². The van der Waals surface area contributed by atoms with E-state index in [1.165, 1.54) is 19.2 Å². The molecule has 0 fully saturated rings. The van der Waals surface area contributed by atoms with Gasteiger partial charge in [0, 0.05) is 15.6 Å². The van der Waals surface area contributed by atoms with Crippen molar-refractivity contribution < 1.29 is 23.9 Å². The molecule has 2 N–H and O–H groups in total. The van der Waals surface area contributed by atoms with Crippen LogP contribution in [0.15, 0.2) is 66.7 Å². The van der Waals surface area contributed by atoms with E-state index in [-0.39, 0.29) is 11.3 Å². The summed E-state index contributed by atoms with van der Waals surface area (Å²) in [6.45, 7) is -0.548. The largest absolute Gasteiger partial charge is 0.495 e. The second-order valence-electron chi connectivity index (χ2n) is 6.48. The number of rotatable bonds is 7. The standard InChI is InChI=1S/C23H18Cl2N2O5/c1-31-20-11-10-16(25)12-19(20)26-21(28)13-32-23(30)17-4-2-3-5-18(17)27-22(29)14-6-8-15(24)9-7-14/h2-12H,13H2,1H3,(H,26,28)(H,27,29). The molecule has 0 radical (unpaired) electrons. The summed E-state index contributed by atoms with van der Waals surface area (Å²) in [5.41, 5.74) is 1.06. The molecule has 164 valence electrons. The number of benzene rings is 3. The molecule has 3 aromatic rings. The van der Waals surface area contributed by atoms with Crippen LogP contribution < -0.4 is 15.4 Å². The lowest BCUT2D eigenvalue weighted by Gasteiger charge is -2.12. The van der Waals surface area contributed by atoms with Crippen molar-refractivity contribution in [2.75, 3.05) is 24.4 Å². The molecule has 0 saturated carbocycles. The topological polar surface area (TPSA) is 93.7 Å². The molecule has 0 saturated heterocycles. The molecule has 0 aliphatic carbocycles. The van der Waals surface area contributed by atoms with E-state index in [4.69, 9.17) is 32.7 Å². The highest BCUT2D eigenvalue weighted by molar-refractivity contribution is 6.31. The lowest BCUT2D eigenvalue weighted by molar-refractivity contribution is -0.119. The van der Waals surface area contributed by atoms with Gasteiger partial charge in [-0.15, -0.1) is 0 Å². The lowest BCUT2D eigenvalue weighted by Crippen LogP contribution is -2.22. The minimum atomic E-state index is -0.773. The summed E-state index contributed by atoms with van der Waals surface area (Å²) < 4.78 is 10.3. The number of amides is 2. The monoisotopic (exact) mass is 472 g/mol. The normalized spacial score (nSPS) is 10.2. The van der Waals surface area contributed by atoms with Crippen molar-refractivity contribution in [2.24, 2.45) is 0 Å². The maximum atomic E-state index is 12.5. The zero-order valence-corrected chi connectivity index (χ0v) is 18.4. The van der Waals surface area contributed by atoms with Gasteiger partial charge in [0.05, 0.1) is 24.0 Å². The van der Waals surface area contributed by atoms with Gasteiger partial charge in [-0.3, -0.25) is 9.59 Å². The van der Waals surface area contributed by atoms with Crippen molar-refractivity contribution in [3.05, 3.63) is 87.9 Å². The summed E-state index contributed by atoms with van der Waals surface area (Å²) in [5.74, 6) is -1.37. The van der Waals surface area contributed by atoms with Gasteiger partial charge in [0.25, 0.3) is 11.8 Å². The van der Waals surface area contributed by atoms with Crippen LogP contribution >= 0.6 is 23.2 Å². The number of hydrogen-bond donors (Lipinski definition) is 2. The summed E-state index contributed by atoms with van der Waals surface area (Å²) in [6.07, 6.45) is 0. The number of para-hydroxylation sites is 1. The summed E-state index contributed by atoms with van der Waals surface area (Å²) in [6, 6.07) is 17.3. The fourth-order valence-electron chi connectivity index (χ4n) is 2.74. The van der Waals surface area contributed by atoms with Gasteiger partial charge in [-0.1, -0.05) is 35.3 Å². The second kappa shape index (κ2) is 10.7. The average Bonchev–Trinajstić information content (AvgIpc) is 2.78.